The van der Waals surface area contributed by atoms with E-state index in [2.05, 4.69) is 62.6 Å². The zero-order valence-corrected chi connectivity index (χ0v) is 74.6. The van der Waals surface area contributed by atoms with Gasteiger partial charge in [-0.2, -0.15) is 0 Å². The molecule has 646 valence electrons. The van der Waals surface area contributed by atoms with Gasteiger partial charge in [-0.25, -0.2) is 14.4 Å². The van der Waals surface area contributed by atoms with Gasteiger partial charge in [0.2, 0.25) is 6.41 Å². The first kappa shape index (κ1) is 96.6. The SMILES string of the molecule is CCOC(=O)c1cn2c(cc1=O)-c1cc(O)c(OCCCOC)cc1[C@H]1CCC(C)(C)N12.CCOC(=O)c1cn2c(cc1=O)-c1cc(OC(C)(C)C)c(OCCCOC)cc1[C@H]1CCC(C)(C)N12.CN(C)C(OC(C)(C)C)OC(C)(C)C.COCCCOc1cc2c(cc1OC(C)(C)C)-c1cc(=O)c(C(=O)O)cn1N1[C@@H]2CCC1(C)C.[Li+].[OH-]. The van der Waals surface area contributed by atoms with E-state index in [1.54, 1.807) is 53.6 Å². The molecule has 0 aliphatic carbocycles. The Morgan fingerprint density at radius 1 is 0.458 bits per heavy atom. The molecular formula is C89H128LiN7O21. The molecule has 6 aliphatic heterocycles. The number of rotatable bonds is 25. The molecule has 3 fully saturated rings. The molecule has 3 aromatic heterocycles. The maximum Gasteiger partial charge on any atom is 1.00 e. The molecule has 118 heavy (non-hydrogen) atoms. The topological polar surface area (TPSA) is 311 Å². The van der Waals surface area contributed by atoms with E-state index in [9.17, 15) is 39.0 Å². The van der Waals surface area contributed by atoms with Gasteiger partial charge in [0.1, 0.15) is 27.9 Å². The number of carbonyl (C=O) groups is 3. The van der Waals surface area contributed by atoms with Gasteiger partial charge in [0.05, 0.1) is 96.1 Å². The molecule has 3 aromatic carbocycles. The van der Waals surface area contributed by atoms with Crippen LogP contribution in [0.25, 0.3) is 33.8 Å². The van der Waals surface area contributed by atoms with Crippen molar-refractivity contribution in [2.24, 2.45) is 0 Å². The van der Waals surface area contributed by atoms with Crippen molar-refractivity contribution < 1.29 is 106 Å². The van der Waals surface area contributed by atoms with Crippen LogP contribution in [0.1, 0.15) is 262 Å². The average molecular weight is 1640 g/mol. The molecule has 6 aliphatic rings. The second-order valence-electron chi connectivity index (χ2n) is 36.1. The summed E-state index contributed by atoms with van der Waals surface area (Å²) in [4.78, 5) is 77.1. The van der Waals surface area contributed by atoms with E-state index in [-0.39, 0.29) is 118 Å². The van der Waals surface area contributed by atoms with Crippen molar-refractivity contribution in [1.82, 2.24) is 18.9 Å². The number of carbonyl (C=O) groups excluding carboxylic acids is 2. The summed E-state index contributed by atoms with van der Waals surface area (Å²) in [6.07, 6.45) is 12.2. The zero-order valence-electron chi connectivity index (χ0n) is 74.6. The Hall–Kier alpha value is -8.56. The molecule has 29 heteroatoms. The first-order valence-electron chi connectivity index (χ1n) is 40.4. The zero-order chi connectivity index (χ0) is 85.7. The minimum atomic E-state index is -1.23. The molecule has 0 bridgehead atoms. The van der Waals surface area contributed by atoms with Gasteiger partial charge in [-0.15, -0.1) is 0 Å². The number of carboxylic acids is 1. The number of phenolic OH excluding ortho intramolecular Hbond substituents is 1. The molecule has 0 radical (unpaired) electrons. The van der Waals surface area contributed by atoms with Crippen LogP contribution in [-0.4, -0.2) is 186 Å². The first-order valence-corrected chi connectivity index (χ1v) is 40.4. The Bertz CT molecular complexity index is 4680. The summed E-state index contributed by atoms with van der Waals surface area (Å²) in [5, 5.41) is 26.9. The van der Waals surface area contributed by atoms with Crippen molar-refractivity contribution in [3.8, 4) is 68.3 Å². The molecule has 6 aromatic rings. The fraction of sp³-hybridized carbons (Fsp3) is 0.596. The standard InChI is InChI=1S/C28H38N2O6.C26H34N2O6.C24H30N2O6.C11H25NO2.Li.H2O/c1-8-34-26(32)20-17-29-22(16-23(20)31)19-15-25(36-27(2,3)4)24(35-13-9-12-33-7)14-18(19)21-10-11-28(5,6)30(21)29;1-25(2,3)34-23-13-17-16(12-22(23)33-11-7-10-32-6)19-8-9-26(4,5)28(19)27-15-18(24(30)31)21(29)14-20(17)27;1-5-31-23(29)17-14-25-19(13-20(17)27)15-11-21(28)22(32-10-6-9-30-4)12-16(15)18-7-8-24(2,3)26(18)25;1-10(2,3)13-9(12(7)8)14-11(4,5)6;;/h14-17,21H,8-13H2,1-7H3;12-15,19H,7-11H2,1-6H3,(H,30,31);11-14,18,28H,5-10H2,1-4H3;9H,1-8H3;;1H2/q;;;;+1;/p-1/t21-;19-;18-;;;/m111.../s1. The van der Waals surface area contributed by atoms with E-state index >= 15 is 0 Å². The number of aromatic carboxylic acids is 1. The number of fused-ring (bicyclic) bond motifs is 18. The van der Waals surface area contributed by atoms with Crippen LogP contribution in [-0.2, 0) is 33.2 Å². The fourth-order valence-corrected chi connectivity index (χ4v) is 15.6. The van der Waals surface area contributed by atoms with Crippen LogP contribution in [0.3, 0.4) is 0 Å². The van der Waals surface area contributed by atoms with Gasteiger partial charge < -0.3 is 72.5 Å². The van der Waals surface area contributed by atoms with Gasteiger partial charge in [0.15, 0.2) is 50.8 Å². The second kappa shape index (κ2) is 38.9. The van der Waals surface area contributed by atoms with E-state index in [1.807, 2.05) is 140 Å². The largest absolute Gasteiger partial charge is 1.00 e. The van der Waals surface area contributed by atoms with Crippen molar-refractivity contribution in [3.63, 3.8) is 0 Å². The van der Waals surface area contributed by atoms with Crippen molar-refractivity contribution in [1.29, 1.82) is 0 Å². The molecule has 0 amide bonds. The number of carboxylic acid groups (broad SMARTS) is 1. The van der Waals surface area contributed by atoms with Crippen LogP contribution in [0.5, 0.6) is 34.5 Å². The minimum absolute atomic E-state index is 0. The molecule has 0 saturated carbocycles. The van der Waals surface area contributed by atoms with Gasteiger partial charge in [0, 0.05) is 114 Å². The van der Waals surface area contributed by atoms with Gasteiger partial charge in [-0.3, -0.25) is 48.3 Å². The van der Waals surface area contributed by atoms with Gasteiger partial charge in [0.25, 0.3) is 0 Å². The molecular weight excluding hydrogens is 1510 g/mol. The Morgan fingerprint density at radius 3 is 1.06 bits per heavy atom. The molecule has 0 spiro atoms. The van der Waals surface area contributed by atoms with Crippen molar-refractivity contribution in [3.05, 3.63) is 137 Å². The maximum absolute atomic E-state index is 13.1. The Labute approximate surface area is 707 Å². The van der Waals surface area contributed by atoms with E-state index in [0.29, 0.717) is 86.2 Å². The quantitative estimate of drug-likeness (QED) is 0.0233. The molecule has 0 unspecified atom stereocenters. The summed E-state index contributed by atoms with van der Waals surface area (Å²) >= 11 is 0. The third kappa shape index (κ3) is 22.7. The fourth-order valence-electron chi connectivity index (χ4n) is 15.6. The number of aromatic nitrogens is 3. The smallest absolute Gasteiger partial charge is 0.870 e. The average Bonchev–Trinajstić information content (AvgIpc) is 1.48. The number of hydrogen-bond donors (Lipinski definition) is 2. The van der Waals surface area contributed by atoms with Crippen LogP contribution in [0.4, 0.5) is 0 Å². The Balaban J connectivity index is 0.000000224. The summed E-state index contributed by atoms with van der Waals surface area (Å²) in [6.45, 7) is 44.0. The van der Waals surface area contributed by atoms with Crippen LogP contribution in [0.2, 0.25) is 0 Å². The molecule has 28 nitrogen and oxygen atoms in total. The molecule has 9 heterocycles. The van der Waals surface area contributed by atoms with Crippen molar-refractivity contribution >= 4 is 17.9 Å². The monoisotopic (exact) mass is 1640 g/mol. The minimum Gasteiger partial charge on any atom is -0.870 e. The van der Waals surface area contributed by atoms with Crippen LogP contribution >= 0.6 is 0 Å². The van der Waals surface area contributed by atoms with Crippen LogP contribution in [0.15, 0.2) is 87.6 Å². The van der Waals surface area contributed by atoms with Gasteiger partial charge in [-0.1, -0.05) is 0 Å². The number of esters is 2. The number of aromatic hydroxyl groups is 1. The number of nitrogens with zero attached hydrogens (tertiary/aromatic N) is 7. The Kier molecular flexibility index (Phi) is 31.8. The number of hydrogen-bond acceptors (Lipinski definition) is 24. The molecule has 3 N–H and O–H groups in total. The van der Waals surface area contributed by atoms with Crippen molar-refractivity contribution in [2.45, 2.75) is 260 Å². The predicted octanol–water partition coefficient (Wildman–Crippen LogP) is 11.9. The van der Waals surface area contributed by atoms with Crippen LogP contribution < -0.4 is 73.9 Å². The summed E-state index contributed by atoms with van der Waals surface area (Å²) in [6, 6.07) is 16.0. The van der Waals surface area contributed by atoms with E-state index in [1.165, 1.54) is 24.4 Å². The van der Waals surface area contributed by atoms with Gasteiger partial charge >= 0.3 is 36.8 Å². The van der Waals surface area contributed by atoms with E-state index in [4.69, 9.17) is 56.8 Å². The normalized spacial score (nSPS) is 17.2. The van der Waals surface area contributed by atoms with E-state index in [0.717, 1.165) is 90.4 Å². The first-order chi connectivity index (χ1) is 54.2. The number of phenols is 1. The van der Waals surface area contributed by atoms with E-state index < -0.39 is 40.0 Å². The van der Waals surface area contributed by atoms with Gasteiger partial charge in [-0.05, 0) is 244 Å². The van der Waals surface area contributed by atoms with Crippen LogP contribution in [0, 0.1) is 0 Å². The third-order valence-electron chi connectivity index (χ3n) is 20.5. The molecule has 3 atom stereocenters. The number of methoxy groups -OCH3 is 3. The van der Waals surface area contributed by atoms with Crippen molar-refractivity contribution in [2.75, 3.05) is 103 Å². The maximum atomic E-state index is 13.1. The third-order valence-corrected chi connectivity index (χ3v) is 20.5. The summed E-state index contributed by atoms with van der Waals surface area (Å²) in [5.74, 6) is 0.535. The predicted molar refractivity (Wildman–Crippen MR) is 450 cm³/mol. The summed E-state index contributed by atoms with van der Waals surface area (Å²) < 4.78 is 73.6. The Morgan fingerprint density at radius 2 is 0.763 bits per heavy atom. The number of pyridine rings is 3. The summed E-state index contributed by atoms with van der Waals surface area (Å²) in [7, 11) is 8.87. The summed E-state index contributed by atoms with van der Waals surface area (Å²) in [5.41, 5.74) is 4.30. The molecule has 12 rings (SSSR count). The second-order valence-corrected chi connectivity index (χ2v) is 36.1. The number of ether oxygens (including phenoxy) is 12. The molecule has 3 saturated heterocycles. The number of benzene rings is 3.